The van der Waals surface area contributed by atoms with Gasteiger partial charge in [-0.15, -0.1) is 0 Å². The standard InChI is InChI=1S/C27H56/c1-11-14-16-17-19-25(18-15-12-2)21-27(13-3,20-24(8)22(4)5)26(9,10)23(6)7/h22-25H,11-21H2,1-10H3. The van der Waals surface area contributed by atoms with Gasteiger partial charge in [-0.2, -0.15) is 0 Å². The zero-order valence-electron chi connectivity index (χ0n) is 21.1. The maximum absolute atomic E-state index is 2.59. The lowest BCUT2D eigenvalue weighted by molar-refractivity contribution is -0.0315. The Morgan fingerprint density at radius 1 is 0.667 bits per heavy atom. The summed E-state index contributed by atoms with van der Waals surface area (Å²) in [6.45, 7) is 24.6. The van der Waals surface area contributed by atoms with Gasteiger partial charge in [-0.3, -0.25) is 0 Å². The molecule has 0 bridgehead atoms. The van der Waals surface area contributed by atoms with Gasteiger partial charge in [-0.1, -0.05) is 121 Å². The highest BCUT2D eigenvalue weighted by Crippen LogP contribution is 2.56. The van der Waals surface area contributed by atoms with E-state index in [4.69, 9.17) is 0 Å². The largest absolute Gasteiger partial charge is 0.0654 e. The van der Waals surface area contributed by atoms with Crippen molar-refractivity contribution < 1.29 is 0 Å². The molecule has 0 aromatic carbocycles. The Labute approximate surface area is 174 Å². The SMILES string of the molecule is CCCCCCC(CCCC)CC(CC)(CC(C)C(C)C)C(C)(C)C(C)C. The lowest BCUT2D eigenvalue weighted by atomic mass is 9.52. The van der Waals surface area contributed by atoms with Gasteiger partial charge in [0.25, 0.3) is 0 Å². The van der Waals surface area contributed by atoms with E-state index in [2.05, 4.69) is 69.2 Å². The summed E-state index contributed by atoms with van der Waals surface area (Å²) in [6.07, 6.45) is 15.5. The fourth-order valence-corrected chi connectivity index (χ4v) is 5.07. The zero-order chi connectivity index (χ0) is 21.1. The first kappa shape index (κ1) is 27.0. The van der Waals surface area contributed by atoms with E-state index >= 15 is 0 Å². The fraction of sp³-hybridized carbons (Fsp3) is 1.00. The van der Waals surface area contributed by atoms with E-state index in [1.165, 1.54) is 70.6 Å². The van der Waals surface area contributed by atoms with Crippen LogP contribution in [-0.2, 0) is 0 Å². The maximum Gasteiger partial charge on any atom is -0.0241 e. The van der Waals surface area contributed by atoms with E-state index in [-0.39, 0.29) is 0 Å². The molecule has 3 unspecified atom stereocenters. The molecule has 0 fully saturated rings. The zero-order valence-corrected chi connectivity index (χ0v) is 21.1. The molecule has 0 saturated carbocycles. The summed E-state index contributed by atoms with van der Waals surface area (Å²) in [4.78, 5) is 0. The molecular weight excluding hydrogens is 324 g/mol. The van der Waals surface area contributed by atoms with Gasteiger partial charge >= 0.3 is 0 Å². The van der Waals surface area contributed by atoms with E-state index in [9.17, 15) is 0 Å². The molecule has 0 spiro atoms. The average molecular weight is 381 g/mol. The Kier molecular flexibility index (Phi) is 13.3. The first-order valence-corrected chi connectivity index (χ1v) is 12.6. The summed E-state index contributed by atoms with van der Waals surface area (Å²) in [5.41, 5.74) is 0.882. The molecule has 0 rings (SSSR count). The predicted molar refractivity (Wildman–Crippen MR) is 126 cm³/mol. The van der Waals surface area contributed by atoms with E-state index in [1.807, 2.05) is 0 Å². The number of hydrogen-bond acceptors (Lipinski definition) is 0. The van der Waals surface area contributed by atoms with Gasteiger partial charge in [-0.25, -0.2) is 0 Å². The lowest BCUT2D eigenvalue weighted by Gasteiger charge is -2.53. The Bertz CT molecular complexity index is 351. The highest BCUT2D eigenvalue weighted by molar-refractivity contribution is 4.96. The van der Waals surface area contributed by atoms with Crippen molar-refractivity contribution in [2.24, 2.45) is 34.5 Å². The van der Waals surface area contributed by atoms with Gasteiger partial charge in [-0.05, 0) is 53.8 Å². The van der Waals surface area contributed by atoms with Crippen LogP contribution in [0, 0.1) is 34.5 Å². The van der Waals surface area contributed by atoms with E-state index in [1.54, 1.807) is 0 Å². The first-order valence-electron chi connectivity index (χ1n) is 12.6. The van der Waals surface area contributed by atoms with Crippen LogP contribution in [0.25, 0.3) is 0 Å². The van der Waals surface area contributed by atoms with Gasteiger partial charge in [0.1, 0.15) is 0 Å². The van der Waals surface area contributed by atoms with Gasteiger partial charge < -0.3 is 0 Å². The molecule has 0 N–H and O–H groups in total. The van der Waals surface area contributed by atoms with Crippen LogP contribution in [-0.4, -0.2) is 0 Å². The molecule has 0 amide bonds. The molecule has 0 radical (unpaired) electrons. The van der Waals surface area contributed by atoms with Crippen LogP contribution in [0.5, 0.6) is 0 Å². The minimum atomic E-state index is 0.402. The minimum Gasteiger partial charge on any atom is -0.0654 e. The summed E-state index contributed by atoms with van der Waals surface area (Å²) in [6, 6.07) is 0. The normalized spacial score (nSPS) is 17.3. The second-order valence-corrected chi connectivity index (χ2v) is 11.0. The lowest BCUT2D eigenvalue weighted by Crippen LogP contribution is -2.44. The maximum atomic E-state index is 2.59. The molecule has 0 aromatic heterocycles. The van der Waals surface area contributed by atoms with Crippen molar-refractivity contribution in [1.29, 1.82) is 0 Å². The second-order valence-electron chi connectivity index (χ2n) is 11.0. The van der Waals surface area contributed by atoms with Gasteiger partial charge in [0.2, 0.25) is 0 Å². The van der Waals surface area contributed by atoms with Crippen LogP contribution in [0.1, 0.15) is 140 Å². The molecule has 0 aliphatic heterocycles. The van der Waals surface area contributed by atoms with Crippen LogP contribution < -0.4 is 0 Å². The van der Waals surface area contributed by atoms with Crippen LogP contribution in [0.15, 0.2) is 0 Å². The molecule has 0 heterocycles. The van der Waals surface area contributed by atoms with Gasteiger partial charge in [0.15, 0.2) is 0 Å². The second kappa shape index (κ2) is 13.3. The minimum absolute atomic E-state index is 0.402. The molecule has 3 atom stereocenters. The third-order valence-electron chi connectivity index (χ3n) is 8.45. The number of unbranched alkanes of at least 4 members (excludes halogenated alkanes) is 4. The number of rotatable bonds is 16. The van der Waals surface area contributed by atoms with Crippen LogP contribution in [0.2, 0.25) is 0 Å². The summed E-state index contributed by atoms with van der Waals surface area (Å²) in [5.74, 6) is 3.27. The summed E-state index contributed by atoms with van der Waals surface area (Å²) < 4.78 is 0. The smallest absolute Gasteiger partial charge is 0.0241 e. The highest BCUT2D eigenvalue weighted by atomic mass is 14.5. The molecule has 0 nitrogen and oxygen atoms in total. The van der Waals surface area contributed by atoms with Crippen LogP contribution in [0.4, 0.5) is 0 Å². The Morgan fingerprint density at radius 3 is 1.67 bits per heavy atom. The molecule has 0 aliphatic rings. The highest BCUT2D eigenvalue weighted by Gasteiger charge is 2.46. The van der Waals surface area contributed by atoms with Crippen molar-refractivity contribution >= 4 is 0 Å². The molecule has 0 aromatic rings. The van der Waals surface area contributed by atoms with Crippen molar-refractivity contribution in [3.05, 3.63) is 0 Å². The fourth-order valence-electron chi connectivity index (χ4n) is 5.07. The monoisotopic (exact) mass is 380 g/mol. The molecule has 0 aliphatic carbocycles. The Hall–Kier alpha value is 0. The third-order valence-corrected chi connectivity index (χ3v) is 8.45. The van der Waals surface area contributed by atoms with Crippen LogP contribution in [0.3, 0.4) is 0 Å². The number of hydrogen-bond donors (Lipinski definition) is 0. The van der Waals surface area contributed by atoms with E-state index < -0.39 is 0 Å². The third kappa shape index (κ3) is 8.49. The molecule has 27 heavy (non-hydrogen) atoms. The first-order chi connectivity index (χ1) is 12.6. The molecule has 164 valence electrons. The average Bonchev–Trinajstić information content (AvgIpc) is 2.61. The van der Waals surface area contributed by atoms with E-state index in [0.29, 0.717) is 10.8 Å². The van der Waals surface area contributed by atoms with Crippen molar-refractivity contribution in [3.8, 4) is 0 Å². The van der Waals surface area contributed by atoms with Gasteiger partial charge in [0.05, 0.1) is 0 Å². The molecular formula is C27H56. The van der Waals surface area contributed by atoms with Crippen molar-refractivity contribution in [1.82, 2.24) is 0 Å². The quantitative estimate of drug-likeness (QED) is 0.234. The Morgan fingerprint density at radius 2 is 1.22 bits per heavy atom. The van der Waals surface area contributed by atoms with Crippen molar-refractivity contribution in [3.63, 3.8) is 0 Å². The van der Waals surface area contributed by atoms with Crippen molar-refractivity contribution in [2.75, 3.05) is 0 Å². The van der Waals surface area contributed by atoms with Crippen LogP contribution >= 0.6 is 0 Å². The predicted octanol–water partition coefficient (Wildman–Crippen LogP) is 9.91. The summed E-state index contributed by atoms with van der Waals surface area (Å²) in [5, 5.41) is 0. The molecule has 0 saturated heterocycles. The molecule has 0 heteroatoms. The Balaban J connectivity index is 5.56. The van der Waals surface area contributed by atoms with Crippen molar-refractivity contribution in [2.45, 2.75) is 140 Å². The van der Waals surface area contributed by atoms with E-state index in [0.717, 1.165) is 23.7 Å². The topological polar surface area (TPSA) is 0 Å². The summed E-state index contributed by atoms with van der Waals surface area (Å²) in [7, 11) is 0. The summed E-state index contributed by atoms with van der Waals surface area (Å²) >= 11 is 0. The van der Waals surface area contributed by atoms with Gasteiger partial charge in [0, 0.05) is 0 Å².